The number of aromatic nitrogens is 4. The number of methoxy groups -OCH3 is 1. The van der Waals surface area contributed by atoms with Gasteiger partial charge in [-0.1, -0.05) is 11.6 Å². The van der Waals surface area contributed by atoms with Gasteiger partial charge in [0.15, 0.2) is 11.6 Å². The first-order valence-corrected chi connectivity index (χ1v) is 6.58. The summed E-state index contributed by atoms with van der Waals surface area (Å²) < 4.78 is 6.73. The fraction of sp³-hybridized carbons (Fsp3) is 0.154. The number of ether oxygens (including phenoxy) is 1. The summed E-state index contributed by atoms with van der Waals surface area (Å²) in [6.07, 6.45) is 2.78. The van der Waals surface area contributed by atoms with Crippen molar-refractivity contribution in [3.8, 4) is 11.6 Å². The van der Waals surface area contributed by atoms with Crippen LogP contribution >= 0.6 is 11.6 Å². The van der Waals surface area contributed by atoms with Gasteiger partial charge in [-0.2, -0.15) is 5.10 Å². The Hall–Kier alpha value is -2.74. The van der Waals surface area contributed by atoms with E-state index in [9.17, 15) is 10.1 Å². The molecule has 0 saturated heterocycles. The lowest BCUT2D eigenvalue weighted by Crippen LogP contribution is -2.04. The first-order chi connectivity index (χ1) is 10.5. The molecule has 0 radical (unpaired) electrons. The molecule has 0 fully saturated rings. The second-order valence-corrected chi connectivity index (χ2v) is 4.89. The number of hydrogen-bond donors (Lipinski definition) is 0. The van der Waals surface area contributed by atoms with Crippen LogP contribution in [0.25, 0.3) is 16.7 Å². The Morgan fingerprint density at radius 1 is 1.32 bits per heavy atom. The summed E-state index contributed by atoms with van der Waals surface area (Å²) in [5.41, 5.74) is 1.27. The normalized spacial score (nSPS) is 10.9. The highest BCUT2D eigenvalue weighted by Crippen LogP contribution is 2.29. The molecule has 3 aromatic rings. The van der Waals surface area contributed by atoms with E-state index in [4.69, 9.17) is 16.3 Å². The van der Waals surface area contributed by atoms with Crippen molar-refractivity contribution in [3.63, 3.8) is 0 Å². The summed E-state index contributed by atoms with van der Waals surface area (Å²) in [6, 6.07) is 2.95. The average Bonchev–Trinajstić information content (AvgIpc) is 2.82. The lowest BCUT2D eigenvalue weighted by Gasteiger charge is -2.08. The Bertz CT molecular complexity index is 893. The second kappa shape index (κ2) is 5.23. The van der Waals surface area contributed by atoms with E-state index in [1.807, 2.05) is 6.92 Å². The highest BCUT2D eigenvalue weighted by molar-refractivity contribution is 6.30. The molecule has 3 rings (SSSR count). The molecule has 0 aromatic carbocycles. The van der Waals surface area contributed by atoms with Crippen LogP contribution in [0.15, 0.2) is 24.5 Å². The monoisotopic (exact) mass is 319 g/mol. The van der Waals surface area contributed by atoms with Gasteiger partial charge in [0.1, 0.15) is 11.3 Å². The maximum absolute atomic E-state index is 10.8. The van der Waals surface area contributed by atoms with Crippen molar-refractivity contribution in [1.82, 2.24) is 19.7 Å². The molecule has 0 aliphatic rings. The minimum absolute atomic E-state index is 0.159. The molecule has 0 bridgehead atoms. The van der Waals surface area contributed by atoms with Crippen molar-refractivity contribution in [1.29, 1.82) is 0 Å². The standard InChI is InChI=1S/C13H10ClN5O3/c1-7-9-6-15-12(14)4-10(9)18(17-7)13-11(22-2)3-8(5-16-13)19(20)21/h3-6H,1-2H3. The van der Waals surface area contributed by atoms with Crippen LogP contribution in [0, 0.1) is 17.0 Å². The molecule has 3 heterocycles. The summed E-state index contributed by atoms with van der Waals surface area (Å²) in [4.78, 5) is 18.4. The maximum Gasteiger partial charge on any atom is 0.291 e. The first kappa shape index (κ1) is 14.2. The van der Waals surface area contributed by atoms with Crippen LogP contribution < -0.4 is 4.74 Å². The highest BCUT2D eigenvalue weighted by Gasteiger charge is 2.18. The van der Waals surface area contributed by atoms with E-state index >= 15 is 0 Å². The third-order valence-electron chi connectivity index (χ3n) is 3.17. The molecule has 8 nitrogen and oxygen atoms in total. The fourth-order valence-corrected chi connectivity index (χ4v) is 2.28. The van der Waals surface area contributed by atoms with Gasteiger partial charge in [-0.15, -0.1) is 0 Å². The molecule has 0 aliphatic heterocycles. The van der Waals surface area contributed by atoms with Crippen LogP contribution in [-0.4, -0.2) is 31.8 Å². The Balaban J connectivity index is 2.27. The van der Waals surface area contributed by atoms with Gasteiger partial charge in [-0.05, 0) is 6.92 Å². The Labute approximate surface area is 129 Å². The van der Waals surface area contributed by atoms with Gasteiger partial charge >= 0.3 is 0 Å². The van der Waals surface area contributed by atoms with E-state index in [1.54, 1.807) is 12.3 Å². The molecule has 0 aliphatic carbocycles. The summed E-state index contributed by atoms with van der Waals surface area (Å²) in [5, 5.41) is 16.4. The third kappa shape index (κ3) is 2.23. The number of pyridine rings is 2. The zero-order valence-electron chi connectivity index (χ0n) is 11.6. The predicted molar refractivity (Wildman–Crippen MR) is 79.6 cm³/mol. The minimum Gasteiger partial charge on any atom is -0.493 e. The van der Waals surface area contributed by atoms with E-state index in [-0.39, 0.29) is 11.4 Å². The van der Waals surface area contributed by atoms with Crippen LogP contribution in [0.1, 0.15) is 5.69 Å². The minimum atomic E-state index is -0.535. The van der Waals surface area contributed by atoms with Crippen molar-refractivity contribution < 1.29 is 9.66 Å². The predicted octanol–water partition coefficient (Wildman–Crippen LogP) is 2.69. The molecular formula is C13H10ClN5O3. The lowest BCUT2D eigenvalue weighted by atomic mass is 10.3. The molecule has 112 valence electrons. The molecule has 0 unspecified atom stereocenters. The Kier molecular flexibility index (Phi) is 3.38. The van der Waals surface area contributed by atoms with Gasteiger partial charge in [0.25, 0.3) is 5.69 Å². The summed E-state index contributed by atoms with van der Waals surface area (Å²) in [7, 11) is 1.41. The maximum atomic E-state index is 10.8. The number of rotatable bonds is 3. The molecule has 0 saturated carbocycles. The van der Waals surface area contributed by atoms with Crippen molar-refractivity contribution in [2.45, 2.75) is 6.92 Å². The molecule has 0 amide bonds. The topological polar surface area (TPSA) is 96.0 Å². The first-order valence-electron chi connectivity index (χ1n) is 6.21. The van der Waals surface area contributed by atoms with Crippen molar-refractivity contribution in [2.24, 2.45) is 0 Å². The molecule has 0 N–H and O–H groups in total. The third-order valence-corrected chi connectivity index (χ3v) is 3.37. The summed E-state index contributed by atoms with van der Waals surface area (Å²) in [6.45, 7) is 1.83. The van der Waals surface area contributed by atoms with Crippen molar-refractivity contribution in [3.05, 3.63) is 45.5 Å². The van der Waals surface area contributed by atoms with Gasteiger partial charge in [0, 0.05) is 17.6 Å². The van der Waals surface area contributed by atoms with Crippen LogP contribution in [0.3, 0.4) is 0 Å². The second-order valence-electron chi connectivity index (χ2n) is 4.50. The molecule has 22 heavy (non-hydrogen) atoms. The van der Waals surface area contributed by atoms with Crippen molar-refractivity contribution >= 4 is 28.2 Å². The lowest BCUT2D eigenvalue weighted by molar-refractivity contribution is -0.385. The van der Waals surface area contributed by atoms with Crippen LogP contribution in [-0.2, 0) is 0 Å². The SMILES string of the molecule is COc1cc([N+](=O)[O-])cnc1-n1nc(C)c2cnc(Cl)cc21. The molecule has 0 atom stereocenters. The van der Waals surface area contributed by atoms with Gasteiger partial charge in [-0.3, -0.25) is 10.1 Å². The Morgan fingerprint density at radius 3 is 2.77 bits per heavy atom. The number of nitrogens with zero attached hydrogens (tertiary/aromatic N) is 5. The average molecular weight is 320 g/mol. The van der Waals surface area contributed by atoms with Crippen LogP contribution in [0.4, 0.5) is 5.69 Å². The Morgan fingerprint density at radius 2 is 2.09 bits per heavy atom. The van der Waals surface area contributed by atoms with Gasteiger partial charge in [0.05, 0.1) is 29.3 Å². The molecular weight excluding hydrogens is 310 g/mol. The number of hydrogen-bond acceptors (Lipinski definition) is 6. The number of halogens is 1. The van der Waals surface area contributed by atoms with Crippen LogP contribution in [0.5, 0.6) is 5.75 Å². The molecule has 9 heteroatoms. The van der Waals surface area contributed by atoms with Gasteiger partial charge < -0.3 is 4.74 Å². The zero-order valence-corrected chi connectivity index (χ0v) is 12.4. The van der Waals surface area contributed by atoms with E-state index in [2.05, 4.69) is 15.1 Å². The number of fused-ring (bicyclic) bond motifs is 1. The smallest absolute Gasteiger partial charge is 0.291 e. The quantitative estimate of drug-likeness (QED) is 0.418. The zero-order chi connectivity index (χ0) is 15.9. The largest absolute Gasteiger partial charge is 0.493 e. The number of aryl methyl sites for hydroxylation is 1. The van der Waals surface area contributed by atoms with E-state index in [0.717, 1.165) is 17.3 Å². The summed E-state index contributed by atoms with van der Waals surface area (Å²) in [5.74, 6) is 0.583. The van der Waals surface area contributed by atoms with Crippen LogP contribution in [0.2, 0.25) is 5.15 Å². The summed E-state index contributed by atoms with van der Waals surface area (Å²) >= 11 is 5.93. The highest BCUT2D eigenvalue weighted by atomic mass is 35.5. The van der Waals surface area contributed by atoms with Gasteiger partial charge in [0.2, 0.25) is 0 Å². The van der Waals surface area contributed by atoms with E-state index in [0.29, 0.717) is 16.5 Å². The fourth-order valence-electron chi connectivity index (χ4n) is 2.13. The van der Waals surface area contributed by atoms with Gasteiger partial charge in [-0.25, -0.2) is 14.6 Å². The van der Waals surface area contributed by atoms with E-state index < -0.39 is 4.92 Å². The van der Waals surface area contributed by atoms with Crippen molar-refractivity contribution in [2.75, 3.05) is 7.11 Å². The molecule has 3 aromatic heterocycles. The number of nitro groups is 1. The van der Waals surface area contributed by atoms with E-state index in [1.165, 1.54) is 17.9 Å². The molecule has 0 spiro atoms.